The third kappa shape index (κ3) is 3.69. The molecule has 2 N–H and O–H groups in total. The number of carbonyl (C=O) groups excluding carboxylic acids is 1. The number of hydrogen-bond acceptors (Lipinski definition) is 7. The summed E-state index contributed by atoms with van der Waals surface area (Å²) < 4.78 is 29.9. The van der Waals surface area contributed by atoms with Crippen molar-refractivity contribution in [3.63, 3.8) is 0 Å². The Morgan fingerprint density at radius 3 is 2.92 bits per heavy atom. The SMILES string of the molecule is COC(=O)c1cnc(Nc2ccn(C)n2)c2[nH]c(-c3cccc(-c4cn5c(n4)COCC5)c3F)cc12. The Kier molecular flexibility index (Phi) is 5.26. The van der Waals surface area contributed by atoms with Crippen LogP contribution in [-0.2, 0) is 29.7 Å². The van der Waals surface area contributed by atoms with Crippen LogP contribution in [0.2, 0.25) is 0 Å². The number of nitrogens with one attached hydrogen (secondary N) is 2. The van der Waals surface area contributed by atoms with Gasteiger partial charge in [0.25, 0.3) is 0 Å². The molecule has 0 fully saturated rings. The third-order valence-electron chi connectivity index (χ3n) is 6.16. The molecule has 10 nitrogen and oxygen atoms in total. The van der Waals surface area contributed by atoms with Gasteiger partial charge in [0.05, 0.1) is 30.5 Å². The average molecular weight is 487 g/mol. The highest BCUT2D eigenvalue weighted by Gasteiger charge is 2.22. The second-order valence-electron chi connectivity index (χ2n) is 8.44. The Bertz CT molecular complexity index is 1590. The summed E-state index contributed by atoms with van der Waals surface area (Å²) >= 11 is 0. The summed E-state index contributed by atoms with van der Waals surface area (Å²) in [5.74, 6) is 0.829. The van der Waals surface area contributed by atoms with Gasteiger partial charge in [0.1, 0.15) is 18.2 Å². The predicted octanol–water partition coefficient (Wildman–Crippen LogP) is 4.03. The molecule has 5 heterocycles. The van der Waals surface area contributed by atoms with Crippen LogP contribution in [0.1, 0.15) is 16.2 Å². The Morgan fingerprint density at radius 1 is 1.28 bits per heavy atom. The molecule has 5 aromatic rings. The predicted molar refractivity (Wildman–Crippen MR) is 130 cm³/mol. The molecule has 1 aliphatic rings. The van der Waals surface area contributed by atoms with E-state index in [9.17, 15) is 4.79 Å². The van der Waals surface area contributed by atoms with E-state index in [1.165, 1.54) is 13.3 Å². The van der Waals surface area contributed by atoms with E-state index in [0.717, 1.165) is 5.82 Å². The number of ether oxygens (including phenoxy) is 2. The molecule has 0 bridgehead atoms. The molecule has 0 spiro atoms. The molecule has 36 heavy (non-hydrogen) atoms. The lowest BCUT2D eigenvalue weighted by atomic mass is 10.0. The molecule has 0 aliphatic carbocycles. The smallest absolute Gasteiger partial charge is 0.340 e. The topological polar surface area (TPSA) is 112 Å². The number of imidazole rings is 1. The first-order chi connectivity index (χ1) is 17.5. The number of aromatic amines is 1. The van der Waals surface area contributed by atoms with Crippen LogP contribution in [-0.4, -0.2) is 49.0 Å². The first-order valence-corrected chi connectivity index (χ1v) is 11.3. The molecule has 1 aliphatic heterocycles. The van der Waals surface area contributed by atoms with Crippen molar-refractivity contribution in [3.05, 3.63) is 66.1 Å². The second kappa shape index (κ2) is 8.61. The fraction of sp³-hybridized carbons (Fsp3) is 0.200. The number of rotatable bonds is 5. The van der Waals surface area contributed by atoms with Crippen molar-refractivity contribution in [1.29, 1.82) is 0 Å². The molecule has 6 rings (SSSR count). The van der Waals surface area contributed by atoms with E-state index < -0.39 is 11.8 Å². The average Bonchev–Trinajstić information content (AvgIpc) is 3.62. The second-order valence-corrected chi connectivity index (χ2v) is 8.44. The first kappa shape index (κ1) is 22.0. The summed E-state index contributed by atoms with van der Waals surface area (Å²) in [6.45, 7) is 1.69. The number of H-pyrrole nitrogens is 1. The van der Waals surface area contributed by atoms with Gasteiger partial charge in [-0.25, -0.2) is 19.2 Å². The summed E-state index contributed by atoms with van der Waals surface area (Å²) in [6, 6.07) is 8.68. The highest BCUT2D eigenvalue weighted by atomic mass is 19.1. The number of hydrogen-bond donors (Lipinski definition) is 2. The van der Waals surface area contributed by atoms with Gasteiger partial charge in [-0.15, -0.1) is 0 Å². The number of esters is 1. The molecule has 182 valence electrons. The Hall–Kier alpha value is -4.51. The van der Waals surface area contributed by atoms with Crippen molar-refractivity contribution in [2.24, 2.45) is 7.05 Å². The van der Waals surface area contributed by atoms with Crippen LogP contribution in [0.25, 0.3) is 33.4 Å². The van der Waals surface area contributed by atoms with Crippen molar-refractivity contribution < 1.29 is 18.7 Å². The van der Waals surface area contributed by atoms with Crippen LogP contribution in [0, 0.1) is 5.82 Å². The standard InChI is InChI=1S/C25H22FN7O3/c1-32-7-6-20(31-32)30-24-23-16(17(11-27-24)25(34)35-2)10-18(29-23)14-4-3-5-15(22(14)26)19-12-33-8-9-36-13-21(33)28-19/h3-7,10-12,29H,8-9,13H2,1-2H3,(H,27,30,31). The Morgan fingerprint density at radius 2 is 2.14 bits per heavy atom. The Balaban J connectivity index is 1.47. The van der Waals surface area contributed by atoms with Crippen molar-refractivity contribution in [1.82, 2.24) is 29.3 Å². The van der Waals surface area contributed by atoms with Gasteiger partial charge >= 0.3 is 5.97 Å². The minimum atomic E-state index is -0.539. The van der Waals surface area contributed by atoms with Crippen molar-refractivity contribution in [2.75, 3.05) is 19.0 Å². The highest BCUT2D eigenvalue weighted by Crippen LogP contribution is 2.35. The minimum absolute atomic E-state index is 0.264. The number of methoxy groups -OCH3 is 1. The molecular weight excluding hydrogens is 465 g/mol. The highest BCUT2D eigenvalue weighted by molar-refractivity contribution is 6.08. The van der Waals surface area contributed by atoms with Gasteiger partial charge in [-0.1, -0.05) is 6.07 Å². The molecule has 0 radical (unpaired) electrons. The van der Waals surface area contributed by atoms with Gasteiger partial charge in [-0.2, -0.15) is 5.10 Å². The summed E-state index contributed by atoms with van der Waals surface area (Å²) in [4.78, 5) is 24.7. The van der Waals surface area contributed by atoms with Crippen LogP contribution in [0.15, 0.2) is 48.9 Å². The summed E-state index contributed by atoms with van der Waals surface area (Å²) in [5, 5.41) is 8.02. The molecule has 1 aromatic carbocycles. The maximum Gasteiger partial charge on any atom is 0.340 e. The van der Waals surface area contributed by atoms with Crippen molar-refractivity contribution in [3.8, 4) is 22.5 Å². The van der Waals surface area contributed by atoms with E-state index in [-0.39, 0.29) is 5.56 Å². The number of nitrogens with zero attached hydrogens (tertiary/aromatic N) is 5. The zero-order valence-corrected chi connectivity index (χ0v) is 19.6. The van der Waals surface area contributed by atoms with E-state index in [0.29, 0.717) is 64.8 Å². The van der Waals surface area contributed by atoms with Crippen molar-refractivity contribution in [2.45, 2.75) is 13.2 Å². The lowest BCUT2D eigenvalue weighted by Gasteiger charge is -2.13. The van der Waals surface area contributed by atoms with Gasteiger partial charge in [0.2, 0.25) is 0 Å². The van der Waals surface area contributed by atoms with E-state index in [2.05, 4.69) is 25.4 Å². The number of anilines is 2. The summed E-state index contributed by atoms with van der Waals surface area (Å²) in [6.07, 6.45) is 5.07. The fourth-order valence-electron chi connectivity index (χ4n) is 4.39. The van der Waals surface area contributed by atoms with E-state index in [1.807, 2.05) is 10.8 Å². The quantitative estimate of drug-likeness (QED) is 0.360. The van der Waals surface area contributed by atoms with Crippen LogP contribution < -0.4 is 5.32 Å². The molecule has 0 unspecified atom stereocenters. The van der Waals surface area contributed by atoms with E-state index in [4.69, 9.17) is 9.47 Å². The maximum absolute atomic E-state index is 15.9. The van der Waals surface area contributed by atoms with Gasteiger partial charge in [0, 0.05) is 60.5 Å². The number of halogens is 1. The number of benzene rings is 1. The van der Waals surface area contributed by atoms with Crippen LogP contribution in [0.5, 0.6) is 0 Å². The molecule has 0 atom stereocenters. The van der Waals surface area contributed by atoms with Crippen molar-refractivity contribution >= 4 is 28.5 Å². The monoisotopic (exact) mass is 487 g/mol. The molecule has 4 aromatic heterocycles. The Labute approximate surface area is 204 Å². The minimum Gasteiger partial charge on any atom is -0.465 e. The van der Waals surface area contributed by atoms with E-state index in [1.54, 1.807) is 48.3 Å². The third-order valence-corrected chi connectivity index (χ3v) is 6.16. The zero-order valence-electron chi connectivity index (χ0n) is 19.6. The normalized spacial score (nSPS) is 13.1. The van der Waals surface area contributed by atoms with Gasteiger partial charge in [-0.3, -0.25) is 4.68 Å². The molecule has 11 heteroatoms. The van der Waals surface area contributed by atoms with Gasteiger partial charge in [-0.05, 0) is 18.2 Å². The van der Waals surface area contributed by atoms with Crippen LogP contribution >= 0.6 is 0 Å². The van der Waals surface area contributed by atoms with E-state index >= 15 is 4.39 Å². The number of aryl methyl sites for hydroxylation is 1. The fourth-order valence-corrected chi connectivity index (χ4v) is 4.39. The summed E-state index contributed by atoms with van der Waals surface area (Å²) in [5.41, 5.74) is 2.54. The number of pyridine rings is 1. The molecule has 0 saturated carbocycles. The molecular formula is C25H22FN7O3. The number of aromatic nitrogens is 6. The van der Waals surface area contributed by atoms with Crippen LogP contribution in [0.3, 0.4) is 0 Å². The lowest BCUT2D eigenvalue weighted by molar-refractivity contribution is 0.0602. The number of carbonyl (C=O) groups is 1. The van der Waals surface area contributed by atoms with Crippen LogP contribution in [0.4, 0.5) is 16.0 Å². The van der Waals surface area contributed by atoms with Gasteiger partial charge in [0.15, 0.2) is 11.6 Å². The summed E-state index contributed by atoms with van der Waals surface area (Å²) in [7, 11) is 3.11. The number of fused-ring (bicyclic) bond motifs is 2. The largest absolute Gasteiger partial charge is 0.465 e. The maximum atomic E-state index is 15.9. The lowest BCUT2D eigenvalue weighted by Crippen LogP contribution is -2.15. The molecule has 0 amide bonds. The zero-order chi connectivity index (χ0) is 24.8. The molecule has 0 saturated heterocycles. The first-order valence-electron chi connectivity index (χ1n) is 11.3. The van der Waals surface area contributed by atoms with Gasteiger partial charge < -0.3 is 24.3 Å².